The molecule has 0 aliphatic heterocycles. The maximum atomic E-state index is 6.19. The largest absolute Gasteiger partial charge is 0.309 e. The number of hydrogen-bond donors (Lipinski definition) is 1. The summed E-state index contributed by atoms with van der Waals surface area (Å²) in [7, 11) is 0. The van der Waals surface area contributed by atoms with Gasteiger partial charge >= 0.3 is 0 Å². The van der Waals surface area contributed by atoms with Crippen LogP contribution in [0.3, 0.4) is 0 Å². The second kappa shape index (κ2) is 8.02. The Hall–Kier alpha value is -0.180. The first kappa shape index (κ1) is 14.9. The van der Waals surface area contributed by atoms with E-state index in [-0.39, 0.29) is 0 Å². The Morgan fingerprint density at radius 2 is 2.12 bits per heavy atom. The predicted octanol–water partition coefficient (Wildman–Crippen LogP) is 4.44. The zero-order valence-corrected chi connectivity index (χ0v) is 12.5. The van der Waals surface area contributed by atoms with Gasteiger partial charge in [0.05, 0.1) is 0 Å². The predicted molar refractivity (Wildman–Crippen MR) is 80.2 cm³/mol. The van der Waals surface area contributed by atoms with Crippen LogP contribution in [0.4, 0.5) is 0 Å². The number of thioether (sulfide) groups is 1. The zero-order valence-electron chi connectivity index (χ0n) is 10.9. The average Bonchev–Trinajstić information content (AvgIpc) is 2.33. The summed E-state index contributed by atoms with van der Waals surface area (Å²) in [5.41, 5.74) is 2.45. The zero-order chi connectivity index (χ0) is 12.7. The second-order valence-corrected chi connectivity index (χ2v) is 5.90. The van der Waals surface area contributed by atoms with E-state index in [0.717, 1.165) is 35.1 Å². The van der Waals surface area contributed by atoms with Crippen LogP contribution in [0.15, 0.2) is 18.2 Å². The summed E-state index contributed by atoms with van der Waals surface area (Å²) in [6, 6.07) is 6.80. The SMILES string of the molecule is CCCNC(CSCC)c1ccc(C)c(Cl)c1. The van der Waals surface area contributed by atoms with Crippen LogP contribution in [0.5, 0.6) is 0 Å². The maximum Gasteiger partial charge on any atom is 0.0438 e. The van der Waals surface area contributed by atoms with Crippen LogP contribution in [-0.4, -0.2) is 18.1 Å². The normalized spacial score (nSPS) is 12.7. The van der Waals surface area contributed by atoms with Gasteiger partial charge in [-0.2, -0.15) is 11.8 Å². The van der Waals surface area contributed by atoms with E-state index in [1.807, 2.05) is 18.7 Å². The van der Waals surface area contributed by atoms with Gasteiger partial charge in [-0.05, 0) is 42.8 Å². The molecule has 0 saturated heterocycles. The summed E-state index contributed by atoms with van der Waals surface area (Å²) in [6.45, 7) is 7.49. The van der Waals surface area contributed by atoms with Crippen molar-refractivity contribution in [1.29, 1.82) is 0 Å². The second-order valence-electron chi connectivity index (χ2n) is 4.17. The Morgan fingerprint density at radius 3 is 2.71 bits per heavy atom. The molecule has 0 aliphatic rings. The first-order chi connectivity index (χ1) is 8.19. The van der Waals surface area contributed by atoms with Crippen molar-refractivity contribution < 1.29 is 0 Å². The number of benzene rings is 1. The summed E-state index contributed by atoms with van der Waals surface area (Å²) in [5.74, 6) is 2.26. The smallest absolute Gasteiger partial charge is 0.0438 e. The van der Waals surface area contributed by atoms with Gasteiger partial charge in [-0.3, -0.25) is 0 Å². The van der Waals surface area contributed by atoms with Crippen molar-refractivity contribution in [2.45, 2.75) is 33.2 Å². The van der Waals surface area contributed by atoms with E-state index in [9.17, 15) is 0 Å². The fourth-order valence-corrected chi connectivity index (χ4v) is 2.62. The Morgan fingerprint density at radius 1 is 1.35 bits per heavy atom. The summed E-state index contributed by atoms with van der Waals surface area (Å²) in [5, 5.41) is 4.46. The first-order valence-electron chi connectivity index (χ1n) is 6.26. The van der Waals surface area contributed by atoms with Gasteiger partial charge in [0.1, 0.15) is 0 Å². The lowest BCUT2D eigenvalue weighted by Crippen LogP contribution is -2.24. The van der Waals surface area contributed by atoms with E-state index in [1.54, 1.807) is 0 Å². The quantitative estimate of drug-likeness (QED) is 0.787. The van der Waals surface area contributed by atoms with Gasteiger partial charge in [-0.1, -0.05) is 37.6 Å². The number of rotatable bonds is 7. The van der Waals surface area contributed by atoms with Gasteiger partial charge in [0, 0.05) is 16.8 Å². The molecule has 1 N–H and O–H groups in total. The van der Waals surface area contributed by atoms with Gasteiger partial charge in [-0.25, -0.2) is 0 Å². The Bertz CT molecular complexity index is 333. The number of hydrogen-bond acceptors (Lipinski definition) is 2. The standard InChI is InChI=1S/C14H22ClNS/c1-4-8-16-14(10-17-5-2)12-7-6-11(3)13(15)9-12/h6-7,9,14,16H,4-5,8,10H2,1-3H3. The first-order valence-corrected chi connectivity index (χ1v) is 7.79. The molecule has 1 aromatic rings. The maximum absolute atomic E-state index is 6.19. The molecule has 0 spiro atoms. The van der Waals surface area contributed by atoms with E-state index in [4.69, 9.17) is 11.6 Å². The highest BCUT2D eigenvalue weighted by molar-refractivity contribution is 7.99. The van der Waals surface area contributed by atoms with Crippen LogP contribution in [0.2, 0.25) is 5.02 Å². The van der Waals surface area contributed by atoms with Crippen LogP contribution in [0, 0.1) is 6.92 Å². The fourth-order valence-electron chi connectivity index (χ4n) is 1.65. The molecule has 0 bridgehead atoms. The van der Waals surface area contributed by atoms with Crippen molar-refractivity contribution in [3.05, 3.63) is 34.3 Å². The highest BCUT2D eigenvalue weighted by Crippen LogP contribution is 2.24. The Labute approximate surface area is 114 Å². The third-order valence-electron chi connectivity index (χ3n) is 2.73. The highest BCUT2D eigenvalue weighted by atomic mass is 35.5. The van der Waals surface area contributed by atoms with E-state index in [1.165, 1.54) is 5.56 Å². The lowest BCUT2D eigenvalue weighted by Gasteiger charge is -2.19. The van der Waals surface area contributed by atoms with Crippen molar-refractivity contribution in [2.75, 3.05) is 18.1 Å². The summed E-state index contributed by atoms with van der Waals surface area (Å²) in [4.78, 5) is 0. The van der Waals surface area contributed by atoms with Crippen molar-refractivity contribution in [2.24, 2.45) is 0 Å². The van der Waals surface area contributed by atoms with Gasteiger partial charge in [-0.15, -0.1) is 0 Å². The molecule has 1 unspecified atom stereocenters. The van der Waals surface area contributed by atoms with Crippen LogP contribution in [0.1, 0.15) is 37.4 Å². The number of aryl methyl sites for hydroxylation is 1. The van der Waals surface area contributed by atoms with E-state index in [0.29, 0.717) is 6.04 Å². The molecule has 0 fully saturated rings. The average molecular weight is 272 g/mol. The molecule has 1 nitrogen and oxygen atoms in total. The highest BCUT2D eigenvalue weighted by Gasteiger charge is 2.11. The van der Waals surface area contributed by atoms with Crippen LogP contribution < -0.4 is 5.32 Å². The van der Waals surface area contributed by atoms with Crippen LogP contribution in [0.25, 0.3) is 0 Å². The minimum atomic E-state index is 0.415. The molecule has 3 heteroatoms. The summed E-state index contributed by atoms with van der Waals surface area (Å²) < 4.78 is 0. The van der Waals surface area contributed by atoms with E-state index >= 15 is 0 Å². The Kier molecular flexibility index (Phi) is 7.02. The van der Waals surface area contributed by atoms with Crippen LogP contribution >= 0.6 is 23.4 Å². The molecule has 0 amide bonds. The van der Waals surface area contributed by atoms with Gasteiger partial charge in [0.15, 0.2) is 0 Å². The van der Waals surface area contributed by atoms with Gasteiger partial charge in [0.2, 0.25) is 0 Å². The van der Waals surface area contributed by atoms with Crippen molar-refractivity contribution in [1.82, 2.24) is 5.32 Å². The molecule has 1 rings (SSSR count). The van der Waals surface area contributed by atoms with Crippen molar-refractivity contribution in [3.8, 4) is 0 Å². The molecule has 96 valence electrons. The summed E-state index contributed by atoms with van der Waals surface area (Å²) in [6.07, 6.45) is 1.16. The van der Waals surface area contributed by atoms with Gasteiger partial charge < -0.3 is 5.32 Å². The molecule has 17 heavy (non-hydrogen) atoms. The molecular weight excluding hydrogens is 250 g/mol. The minimum absolute atomic E-state index is 0.415. The lowest BCUT2D eigenvalue weighted by molar-refractivity contribution is 0.577. The molecule has 0 aromatic heterocycles. The molecule has 1 atom stereocenters. The Balaban J connectivity index is 2.75. The number of halogens is 1. The summed E-state index contributed by atoms with van der Waals surface area (Å²) >= 11 is 8.16. The molecule has 0 heterocycles. The van der Waals surface area contributed by atoms with E-state index < -0.39 is 0 Å². The minimum Gasteiger partial charge on any atom is -0.309 e. The third kappa shape index (κ3) is 4.90. The fraction of sp³-hybridized carbons (Fsp3) is 0.571. The monoisotopic (exact) mass is 271 g/mol. The molecule has 0 radical (unpaired) electrons. The number of nitrogens with one attached hydrogen (secondary N) is 1. The van der Waals surface area contributed by atoms with Crippen molar-refractivity contribution >= 4 is 23.4 Å². The molecule has 0 aliphatic carbocycles. The van der Waals surface area contributed by atoms with Crippen molar-refractivity contribution in [3.63, 3.8) is 0 Å². The van der Waals surface area contributed by atoms with E-state index in [2.05, 4.69) is 37.4 Å². The lowest BCUT2D eigenvalue weighted by atomic mass is 10.1. The van der Waals surface area contributed by atoms with Gasteiger partial charge in [0.25, 0.3) is 0 Å². The molecule has 1 aromatic carbocycles. The molecular formula is C14H22ClNS. The third-order valence-corrected chi connectivity index (χ3v) is 4.11. The molecule has 0 saturated carbocycles. The van der Waals surface area contributed by atoms with Crippen LogP contribution in [-0.2, 0) is 0 Å². The topological polar surface area (TPSA) is 12.0 Å².